The number of nitrogens with zero attached hydrogens (tertiary/aromatic N) is 5. The summed E-state index contributed by atoms with van der Waals surface area (Å²) < 4.78 is 7.41. The van der Waals surface area contributed by atoms with Gasteiger partial charge in [-0.1, -0.05) is 6.07 Å². The van der Waals surface area contributed by atoms with Crippen molar-refractivity contribution in [2.75, 3.05) is 0 Å². The molecule has 3 heterocycles. The number of hydrogen-bond donors (Lipinski definition) is 0. The molecule has 0 aliphatic heterocycles. The fourth-order valence-electron chi connectivity index (χ4n) is 2.56. The molecule has 0 N–H and O–H groups in total. The third kappa shape index (κ3) is 2.22. The second-order valence-electron chi connectivity index (χ2n) is 5.39. The molecule has 3 aromatic heterocycles. The van der Waals surface area contributed by atoms with Gasteiger partial charge < -0.3 is 8.98 Å². The molecule has 1 unspecified atom stereocenters. The van der Waals surface area contributed by atoms with Crippen LogP contribution in [-0.2, 0) is 0 Å². The maximum absolute atomic E-state index is 5.30. The zero-order valence-corrected chi connectivity index (χ0v) is 11.7. The quantitative estimate of drug-likeness (QED) is 0.735. The van der Waals surface area contributed by atoms with Crippen LogP contribution in [0.2, 0.25) is 0 Å². The maximum atomic E-state index is 5.30. The summed E-state index contributed by atoms with van der Waals surface area (Å²) >= 11 is 0. The summed E-state index contributed by atoms with van der Waals surface area (Å²) in [6.45, 7) is 2.21. The average molecular weight is 281 g/mol. The highest BCUT2D eigenvalue weighted by Crippen LogP contribution is 2.40. The van der Waals surface area contributed by atoms with Gasteiger partial charge in [-0.15, -0.1) is 10.2 Å². The van der Waals surface area contributed by atoms with Crippen molar-refractivity contribution in [2.45, 2.75) is 25.8 Å². The van der Waals surface area contributed by atoms with E-state index in [9.17, 15) is 0 Å². The van der Waals surface area contributed by atoms with Crippen molar-refractivity contribution in [2.24, 2.45) is 5.92 Å². The molecule has 0 radical (unpaired) electrons. The summed E-state index contributed by atoms with van der Waals surface area (Å²) in [6, 6.07) is 6.15. The fourth-order valence-corrected chi connectivity index (χ4v) is 2.56. The zero-order chi connectivity index (χ0) is 14.2. The van der Waals surface area contributed by atoms with Crippen LogP contribution in [0.1, 0.15) is 25.8 Å². The van der Waals surface area contributed by atoms with Crippen molar-refractivity contribution in [3.05, 3.63) is 37.0 Å². The van der Waals surface area contributed by atoms with Crippen molar-refractivity contribution >= 4 is 0 Å². The molecule has 0 bridgehead atoms. The van der Waals surface area contributed by atoms with Crippen LogP contribution in [0.5, 0.6) is 0 Å². The Bertz CT molecular complexity index is 745. The molecule has 0 amide bonds. The van der Waals surface area contributed by atoms with Crippen LogP contribution in [0.3, 0.4) is 0 Å². The van der Waals surface area contributed by atoms with Gasteiger partial charge in [-0.3, -0.25) is 0 Å². The highest BCUT2D eigenvalue weighted by atomic mass is 16.3. The lowest BCUT2D eigenvalue weighted by Crippen LogP contribution is -2.08. The summed E-state index contributed by atoms with van der Waals surface area (Å²) in [6.07, 6.45) is 7.51. The minimum Gasteiger partial charge on any atom is -0.443 e. The lowest BCUT2D eigenvalue weighted by Gasteiger charge is -2.14. The molecule has 106 valence electrons. The highest BCUT2D eigenvalue weighted by molar-refractivity contribution is 5.56. The number of hydrogen-bond acceptors (Lipinski definition) is 5. The lowest BCUT2D eigenvalue weighted by atomic mass is 10.2. The van der Waals surface area contributed by atoms with E-state index in [1.807, 2.05) is 18.2 Å². The first-order chi connectivity index (χ1) is 10.3. The molecule has 1 aliphatic rings. The molecule has 1 atom stereocenters. The first-order valence-corrected chi connectivity index (χ1v) is 7.10. The fraction of sp³-hybridized carbons (Fsp3) is 0.333. The second kappa shape index (κ2) is 4.80. The van der Waals surface area contributed by atoms with Gasteiger partial charge in [-0.25, -0.2) is 9.97 Å². The summed E-state index contributed by atoms with van der Waals surface area (Å²) in [5, 5.41) is 8.30. The summed E-state index contributed by atoms with van der Waals surface area (Å²) in [4.78, 5) is 8.73. The molecule has 1 aliphatic carbocycles. The second-order valence-corrected chi connectivity index (χ2v) is 5.39. The molecule has 1 saturated carbocycles. The van der Waals surface area contributed by atoms with E-state index in [4.69, 9.17) is 4.42 Å². The lowest BCUT2D eigenvalue weighted by molar-refractivity contribution is 0.488. The molecule has 3 aromatic rings. The van der Waals surface area contributed by atoms with Gasteiger partial charge >= 0.3 is 0 Å². The van der Waals surface area contributed by atoms with Gasteiger partial charge in [0.05, 0.1) is 6.20 Å². The first-order valence-electron chi connectivity index (χ1n) is 7.10. The zero-order valence-electron chi connectivity index (χ0n) is 11.7. The first kappa shape index (κ1) is 12.3. The predicted molar refractivity (Wildman–Crippen MR) is 76.2 cm³/mol. The monoisotopic (exact) mass is 281 g/mol. The summed E-state index contributed by atoms with van der Waals surface area (Å²) in [5.41, 5.74) is 1.49. The Morgan fingerprint density at radius 1 is 1.29 bits per heavy atom. The largest absolute Gasteiger partial charge is 0.443 e. The van der Waals surface area contributed by atoms with Crippen LogP contribution in [0.25, 0.3) is 23.1 Å². The molecular formula is C15H15N5O. The number of oxazole rings is 1. The van der Waals surface area contributed by atoms with Crippen LogP contribution in [0, 0.1) is 5.92 Å². The van der Waals surface area contributed by atoms with E-state index in [-0.39, 0.29) is 0 Å². The van der Waals surface area contributed by atoms with Gasteiger partial charge in [-0.2, -0.15) is 0 Å². The van der Waals surface area contributed by atoms with E-state index < -0.39 is 0 Å². The van der Waals surface area contributed by atoms with Gasteiger partial charge in [0.15, 0.2) is 5.82 Å². The molecule has 1 fully saturated rings. The Labute approximate surface area is 121 Å². The minimum absolute atomic E-state index is 0.405. The molecule has 0 aromatic carbocycles. The standard InChI is InChI=1S/C15H15N5O/c1-10(11-5-6-11)20-9-17-19-14(20)12-3-2-4-13(18-12)15-16-7-8-21-15/h2-4,7-11H,5-6H2,1H3. The van der Waals surface area contributed by atoms with E-state index in [0.29, 0.717) is 17.6 Å². The molecule has 21 heavy (non-hydrogen) atoms. The number of pyridine rings is 1. The maximum Gasteiger partial charge on any atom is 0.245 e. The summed E-state index contributed by atoms with van der Waals surface area (Å²) in [7, 11) is 0. The summed E-state index contributed by atoms with van der Waals surface area (Å²) in [5.74, 6) is 2.04. The van der Waals surface area contributed by atoms with Crippen molar-refractivity contribution in [3.8, 4) is 23.1 Å². The SMILES string of the molecule is CC(C1CC1)n1cnnc1-c1cccc(-c2ncco2)n1. The van der Waals surface area contributed by atoms with Crippen molar-refractivity contribution < 1.29 is 4.42 Å². The Morgan fingerprint density at radius 3 is 2.90 bits per heavy atom. The van der Waals surface area contributed by atoms with Crippen molar-refractivity contribution in [3.63, 3.8) is 0 Å². The topological polar surface area (TPSA) is 69.6 Å². The molecule has 6 heteroatoms. The van der Waals surface area contributed by atoms with Crippen molar-refractivity contribution in [1.29, 1.82) is 0 Å². The van der Waals surface area contributed by atoms with Crippen LogP contribution in [0.4, 0.5) is 0 Å². The normalized spacial score (nSPS) is 16.0. The van der Waals surface area contributed by atoms with E-state index in [0.717, 1.165) is 17.4 Å². The molecule has 0 saturated heterocycles. The molecular weight excluding hydrogens is 266 g/mol. The van der Waals surface area contributed by atoms with Crippen LogP contribution >= 0.6 is 0 Å². The predicted octanol–water partition coefficient (Wildman–Crippen LogP) is 2.97. The third-order valence-corrected chi connectivity index (χ3v) is 3.95. The van der Waals surface area contributed by atoms with Gasteiger partial charge in [0.1, 0.15) is 24.0 Å². The number of rotatable bonds is 4. The molecule has 6 nitrogen and oxygen atoms in total. The minimum atomic E-state index is 0.405. The van der Waals surface area contributed by atoms with Gasteiger partial charge in [0.2, 0.25) is 5.89 Å². The van der Waals surface area contributed by atoms with Crippen LogP contribution < -0.4 is 0 Å². The van der Waals surface area contributed by atoms with Gasteiger partial charge in [0.25, 0.3) is 0 Å². The Balaban J connectivity index is 1.74. The van der Waals surface area contributed by atoms with E-state index in [2.05, 4.69) is 31.7 Å². The van der Waals surface area contributed by atoms with Gasteiger partial charge in [-0.05, 0) is 37.8 Å². The molecule has 4 rings (SSSR count). The third-order valence-electron chi connectivity index (χ3n) is 3.95. The van der Waals surface area contributed by atoms with Crippen LogP contribution in [0.15, 0.2) is 41.4 Å². The average Bonchev–Trinajstić information content (AvgIpc) is 3.04. The van der Waals surface area contributed by atoms with Crippen LogP contribution in [-0.4, -0.2) is 24.7 Å². The Hall–Kier alpha value is -2.50. The molecule has 0 spiro atoms. The number of aromatic nitrogens is 5. The smallest absolute Gasteiger partial charge is 0.245 e. The Morgan fingerprint density at radius 2 is 2.14 bits per heavy atom. The van der Waals surface area contributed by atoms with E-state index >= 15 is 0 Å². The van der Waals surface area contributed by atoms with Crippen molar-refractivity contribution in [1.82, 2.24) is 24.7 Å². The van der Waals surface area contributed by atoms with E-state index in [1.165, 1.54) is 12.8 Å². The van der Waals surface area contributed by atoms with E-state index in [1.54, 1.807) is 18.8 Å². The van der Waals surface area contributed by atoms with Gasteiger partial charge in [0, 0.05) is 6.04 Å². The Kier molecular flexibility index (Phi) is 2.80. The highest BCUT2D eigenvalue weighted by Gasteiger charge is 2.30.